The summed E-state index contributed by atoms with van der Waals surface area (Å²) in [7, 11) is 0. The van der Waals surface area contributed by atoms with Crippen LogP contribution in [0.15, 0.2) is 30.6 Å². The van der Waals surface area contributed by atoms with Gasteiger partial charge in [-0.15, -0.1) is 0 Å². The van der Waals surface area contributed by atoms with Gasteiger partial charge < -0.3 is 16.2 Å². The fourth-order valence-electron chi connectivity index (χ4n) is 1.63. The molecule has 0 unspecified atom stereocenters. The summed E-state index contributed by atoms with van der Waals surface area (Å²) in [6, 6.07) is 5.24. The van der Waals surface area contributed by atoms with Crippen molar-refractivity contribution in [3.8, 4) is 0 Å². The van der Waals surface area contributed by atoms with E-state index in [1.54, 1.807) is 6.20 Å². The number of hydrogen-bond donors (Lipinski definition) is 3. The van der Waals surface area contributed by atoms with Gasteiger partial charge in [0.05, 0.1) is 29.7 Å². The Bertz CT molecular complexity index is 613. The molecule has 2 aromatic heterocycles. The highest BCUT2D eigenvalue weighted by molar-refractivity contribution is 5.94. The predicted molar refractivity (Wildman–Crippen MR) is 71.9 cm³/mol. The van der Waals surface area contributed by atoms with E-state index in [0.717, 1.165) is 11.3 Å². The molecule has 4 N–H and O–H groups in total. The average Bonchev–Trinajstić information content (AvgIpc) is 2.39. The third-order valence-corrected chi connectivity index (χ3v) is 2.72. The Morgan fingerprint density at radius 3 is 2.95 bits per heavy atom. The van der Waals surface area contributed by atoms with Gasteiger partial charge in [0.2, 0.25) is 0 Å². The molecule has 98 valence electrons. The number of nitrogens with zero attached hydrogens (tertiary/aromatic N) is 2. The molecule has 0 aliphatic heterocycles. The molecule has 0 saturated carbocycles. The molecule has 19 heavy (non-hydrogen) atoms. The van der Waals surface area contributed by atoms with Gasteiger partial charge in [-0.05, 0) is 24.6 Å². The topological polar surface area (TPSA) is 101 Å². The summed E-state index contributed by atoms with van der Waals surface area (Å²) >= 11 is 0. The first-order valence-electron chi connectivity index (χ1n) is 5.71. The summed E-state index contributed by atoms with van der Waals surface area (Å²) in [4.78, 5) is 19.2. The summed E-state index contributed by atoms with van der Waals surface area (Å²) in [5, 5.41) is 12.0. The Kier molecular flexibility index (Phi) is 3.61. The van der Waals surface area contributed by atoms with Crippen molar-refractivity contribution in [3.05, 3.63) is 47.4 Å². The van der Waals surface area contributed by atoms with Crippen molar-refractivity contribution < 1.29 is 9.90 Å². The molecular weight excluding hydrogens is 244 g/mol. The number of nitrogen functional groups attached to an aromatic ring is 1. The molecule has 0 spiro atoms. The molecular formula is C13H14N4O2. The zero-order valence-electron chi connectivity index (χ0n) is 10.4. The fourth-order valence-corrected chi connectivity index (χ4v) is 1.63. The van der Waals surface area contributed by atoms with E-state index in [4.69, 9.17) is 10.8 Å². The Morgan fingerprint density at radius 2 is 2.26 bits per heavy atom. The highest BCUT2D eigenvalue weighted by Gasteiger charge is 2.09. The van der Waals surface area contributed by atoms with E-state index in [-0.39, 0.29) is 11.3 Å². The number of carboxylic acids is 1. The van der Waals surface area contributed by atoms with Crippen molar-refractivity contribution in [2.45, 2.75) is 13.5 Å². The van der Waals surface area contributed by atoms with Crippen molar-refractivity contribution in [2.24, 2.45) is 0 Å². The van der Waals surface area contributed by atoms with E-state index in [2.05, 4.69) is 15.3 Å². The van der Waals surface area contributed by atoms with Crippen molar-refractivity contribution >= 4 is 17.5 Å². The molecule has 0 aliphatic rings. The van der Waals surface area contributed by atoms with Crippen LogP contribution in [0.25, 0.3) is 0 Å². The molecule has 0 amide bonds. The predicted octanol–water partition coefficient (Wildman–Crippen LogP) is 1.68. The van der Waals surface area contributed by atoms with E-state index in [1.807, 2.05) is 19.1 Å². The number of anilines is 2. The van der Waals surface area contributed by atoms with Crippen LogP contribution in [0, 0.1) is 6.92 Å². The molecule has 2 aromatic rings. The van der Waals surface area contributed by atoms with Crippen LogP contribution in [-0.4, -0.2) is 21.0 Å². The Balaban J connectivity index is 2.14. The quantitative estimate of drug-likeness (QED) is 0.771. The first kappa shape index (κ1) is 12.8. The van der Waals surface area contributed by atoms with E-state index >= 15 is 0 Å². The molecule has 2 rings (SSSR count). The molecule has 0 atom stereocenters. The van der Waals surface area contributed by atoms with Crippen molar-refractivity contribution in [2.75, 3.05) is 11.1 Å². The SMILES string of the molecule is Cc1cccnc1CNc1cc(C(=O)O)c(N)cn1. The summed E-state index contributed by atoms with van der Waals surface area (Å²) in [6.07, 6.45) is 3.04. The van der Waals surface area contributed by atoms with E-state index in [9.17, 15) is 4.79 Å². The number of nitrogens with two attached hydrogens (primary N) is 1. The molecule has 6 nitrogen and oxygen atoms in total. The number of aromatic nitrogens is 2. The molecule has 0 fully saturated rings. The Labute approximate surface area is 110 Å². The molecule has 0 saturated heterocycles. The van der Waals surface area contributed by atoms with E-state index in [0.29, 0.717) is 12.4 Å². The summed E-state index contributed by atoms with van der Waals surface area (Å²) in [5.41, 5.74) is 7.67. The zero-order chi connectivity index (χ0) is 13.8. The Morgan fingerprint density at radius 1 is 1.47 bits per heavy atom. The number of aryl methyl sites for hydroxylation is 1. The van der Waals surface area contributed by atoms with Crippen LogP contribution < -0.4 is 11.1 Å². The number of aromatic carboxylic acids is 1. The second kappa shape index (κ2) is 5.34. The number of carbonyl (C=O) groups is 1. The average molecular weight is 258 g/mol. The van der Waals surface area contributed by atoms with E-state index < -0.39 is 5.97 Å². The van der Waals surface area contributed by atoms with Crippen molar-refractivity contribution in [3.63, 3.8) is 0 Å². The van der Waals surface area contributed by atoms with Crippen LogP contribution in [0.4, 0.5) is 11.5 Å². The minimum atomic E-state index is -1.07. The second-order valence-corrected chi connectivity index (χ2v) is 4.08. The number of nitrogens with one attached hydrogen (secondary N) is 1. The third-order valence-electron chi connectivity index (χ3n) is 2.72. The fraction of sp³-hybridized carbons (Fsp3) is 0.154. The van der Waals surface area contributed by atoms with Gasteiger partial charge in [0, 0.05) is 6.20 Å². The standard InChI is InChI=1S/C13H14N4O2/c1-8-3-2-4-15-11(8)7-17-12-5-9(13(18)19)10(14)6-16-12/h2-6H,7,14H2,1H3,(H,16,17)(H,18,19). The van der Waals surface area contributed by atoms with Gasteiger partial charge in [-0.1, -0.05) is 6.07 Å². The highest BCUT2D eigenvalue weighted by Crippen LogP contribution is 2.15. The van der Waals surface area contributed by atoms with Crippen LogP contribution >= 0.6 is 0 Å². The smallest absolute Gasteiger partial charge is 0.337 e. The lowest BCUT2D eigenvalue weighted by molar-refractivity contribution is 0.0698. The lowest BCUT2D eigenvalue weighted by Crippen LogP contribution is -2.08. The van der Waals surface area contributed by atoms with Gasteiger partial charge in [-0.3, -0.25) is 4.98 Å². The maximum absolute atomic E-state index is 11.0. The largest absolute Gasteiger partial charge is 0.478 e. The summed E-state index contributed by atoms with van der Waals surface area (Å²) < 4.78 is 0. The molecule has 0 radical (unpaired) electrons. The number of carboxylic acid groups (broad SMARTS) is 1. The summed E-state index contributed by atoms with van der Waals surface area (Å²) in [5.74, 6) is -0.617. The van der Waals surface area contributed by atoms with Gasteiger partial charge in [0.25, 0.3) is 0 Å². The third kappa shape index (κ3) is 2.98. The second-order valence-electron chi connectivity index (χ2n) is 4.08. The maximum Gasteiger partial charge on any atom is 0.337 e. The molecule has 0 aliphatic carbocycles. The first-order chi connectivity index (χ1) is 9.08. The van der Waals surface area contributed by atoms with Crippen molar-refractivity contribution in [1.82, 2.24) is 9.97 Å². The summed E-state index contributed by atoms with van der Waals surface area (Å²) in [6.45, 7) is 2.44. The normalized spacial score (nSPS) is 10.2. The minimum Gasteiger partial charge on any atom is -0.478 e. The Hall–Kier alpha value is -2.63. The van der Waals surface area contributed by atoms with Gasteiger partial charge >= 0.3 is 5.97 Å². The van der Waals surface area contributed by atoms with Gasteiger partial charge in [-0.25, -0.2) is 9.78 Å². The van der Waals surface area contributed by atoms with Crippen molar-refractivity contribution in [1.29, 1.82) is 0 Å². The minimum absolute atomic E-state index is 0.0373. The van der Waals surface area contributed by atoms with Crippen LogP contribution in [0.5, 0.6) is 0 Å². The van der Waals surface area contributed by atoms with Crippen LogP contribution in [0.1, 0.15) is 21.6 Å². The highest BCUT2D eigenvalue weighted by atomic mass is 16.4. The van der Waals surface area contributed by atoms with Crippen LogP contribution in [0.3, 0.4) is 0 Å². The maximum atomic E-state index is 11.0. The number of rotatable bonds is 4. The lowest BCUT2D eigenvalue weighted by atomic mass is 10.2. The molecule has 0 aromatic carbocycles. The van der Waals surface area contributed by atoms with Crippen LogP contribution in [0.2, 0.25) is 0 Å². The monoisotopic (exact) mass is 258 g/mol. The lowest BCUT2D eigenvalue weighted by Gasteiger charge is -2.08. The van der Waals surface area contributed by atoms with Crippen LogP contribution in [-0.2, 0) is 6.54 Å². The van der Waals surface area contributed by atoms with Gasteiger partial charge in [0.15, 0.2) is 0 Å². The molecule has 0 bridgehead atoms. The van der Waals surface area contributed by atoms with Gasteiger partial charge in [-0.2, -0.15) is 0 Å². The van der Waals surface area contributed by atoms with E-state index in [1.165, 1.54) is 12.3 Å². The molecule has 6 heteroatoms. The molecule has 2 heterocycles. The first-order valence-corrected chi connectivity index (χ1v) is 5.71. The zero-order valence-corrected chi connectivity index (χ0v) is 10.4. The number of hydrogen-bond acceptors (Lipinski definition) is 5. The number of pyridine rings is 2. The van der Waals surface area contributed by atoms with Gasteiger partial charge in [0.1, 0.15) is 5.82 Å².